The van der Waals surface area contributed by atoms with E-state index < -0.39 is 6.23 Å². The van der Waals surface area contributed by atoms with E-state index in [2.05, 4.69) is 0 Å². The molecule has 1 unspecified atom stereocenters. The van der Waals surface area contributed by atoms with Gasteiger partial charge in [-0.25, -0.2) is 0 Å². The molecule has 0 aromatic rings. The van der Waals surface area contributed by atoms with Crippen LogP contribution in [0.15, 0.2) is 0 Å². The predicted octanol–water partition coefficient (Wildman–Crippen LogP) is -0.0104. The molecule has 0 saturated carbocycles. The van der Waals surface area contributed by atoms with Crippen molar-refractivity contribution < 1.29 is 9.90 Å². The highest BCUT2D eigenvalue weighted by Crippen LogP contribution is 2.07. The fourth-order valence-corrected chi connectivity index (χ4v) is 1.15. The maximum atomic E-state index is 10.7. The molecular weight excluding hydrogens is 130 g/mol. The van der Waals surface area contributed by atoms with Gasteiger partial charge in [-0.3, -0.25) is 9.69 Å². The molecule has 1 atom stereocenters. The van der Waals surface area contributed by atoms with Gasteiger partial charge in [-0.05, 0) is 6.92 Å². The topological polar surface area (TPSA) is 40.5 Å². The fourth-order valence-electron chi connectivity index (χ4n) is 1.15. The van der Waals surface area contributed by atoms with Crippen LogP contribution in [-0.2, 0) is 4.79 Å². The molecule has 0 radical (unpaired) electrons. The van der Waals surface area contributed by atoms with Gasteiger partial charge in [0.15, 0.2) is 0 Å². The van der Waals surface area contributed by atoms with E-state index in [1.807, 2.05) is 4.90 Å². The van der Waals surface area contributed by atoms with E-state index in [-0.39, 0.29) is 0 Å². The Balaban J connectivity index is 2.33. The van der Waals surface area contributed by atoms with Crippen molar-refractivity contribution in [3.8, 4) is 0 Å². The number of ketones is 1. The van der Waals surface area contributed by atoms with Crippen LogP contribution in [0.5, 0.6) is 0 Å². The number of hydrogen-bond acceptors (Lipinski definition) is 3. The van der Waals surface area contributed by atoms with Crippen molar-refractivity contribution in [2.75, 3.05) is 13.1 Å². The summed E-state index contributed by atoms with van der Waals surface area (Å²) in [5.41, 5.74) is 0. The lowest BCUT2D eigenvalue weighted by Crippen LogP contribution is -2.39. The summed E-state index contributed by atoms with van der Waals surface area (Å²) in [6.07, 6.45) is 0.809. The van der Waals surface area contributed by atoms with Crippen molar-refractivity contribution in [2.45, 2.75) is 26.0 Å². The number of aliphatic hydroxyl groups is 1. The third-order valence-electron chi connectivity index (χ3n) is 1.88. The molecule has 0 aromatic heterocycles. The fraction of sp³-hybridized carbons (Fsp3) is 0.857. The number of rotatable bonds is 1. The monoisotopic (exact) mass is 143 g/mol. The summed E-state index contributed by atoms with van der Waals surface area (Å²) in [7, 11) is 0. The highest BCUT2D eigenvalue weighted by Gasteiger charge is 2.18. The van der Waals surface area contributed by atoms with E-state index >= 15 is 0 Å². The zero-order valence-electron chi connectivity index (χ0n) is 6.21. The van der Waals surface area contributed by atoms with Gasteiger partial charge in [-0.2, -0.15) is 0 Å². The average molecular weight is 143 g/mol. The second kappa shape index (κ2) is 3.12. The van der Waals surface area contributed by atoms with Crippen LogP contribution in [0.1, 0.15) is 19.8 Å². The van der Waals surface area contributed by atoms with Crippen LogP contribution in [0.25, 0.3) is 0 Å². The second-order valence-corrected chi connectivity index (χ2v) is 2.71. The van der Waals surface area contributed by atoms with E-state index in [9.17, 15) is 4.79 Å². The van der Waals surface area contributed by atoms with Crippen molar-refractivity contribution in [3.05, 3.63) is 0 Å². The standard InChI is InChI=1S/C7H13NO2/c1-6(9)8-4-2-7(10)3-5-8/h6,9H,2-5H2,1H3. The van der Waals surface area contributed by atoms with E-state index in [4.69, 9.17) is 5.11 Å². The molecule has 0 aliphatic carbocycles. The van der Waals surface area contributed by atoms with E-state index in [1.54, 1.807) is 6.92 Å². The second-order valence-electron chi connectivity index (χ2n) is 2.71. The number of carbonyl (C=O) groups excluding carboxylic acids is 1. The highest BCUT2D eigenvalue weighted by atomic mass is 16.3. The van der Waals surface area contributed by atoms with Gasteiger partial charge in [-0.15, -0.1) is 0 Å². The minimum atomic E-state index is -0.395. The minimum Gasteiger partial charge on any atom is -0.379 e. The normalized spacial score (nSPS) is 24.8. The molecule has 3 nitrogen and oxygen atoms in total. The number of likely N-dealkylation sites (tertiary alicyclic amines) is 1. The molecule has 0 amide bonds. The number of Topliss-reactive ketones (excluding diaryl/α,β-unsaturated/α-hetero) is 1. The first-order chi connectivity index (χ1) is 4.70. The van der Waals surface area contributed by atoms with Crippen LogP contribution < -0.4 is 0 Å². The lowest BCUT2D eigenvalue weighted by atomic mass is 10.1. The van der Waals surface area contributed by atoms with Crippen LogP contribution >= 0.6 is 0 Å². The van der Waals surface area contributed by atoms with Crippen molar-refractivity contribution in [1.29, 1.82) is 0 Å². The lowest BCUT2D eigenvalue weighted by molar-refractivity contribution is -0.123. The Morgan fingerprint density at radius 2 is 2.00 bits per heavy atom. The molecule has 0 aromatic carbocycles. The molecular formula is C7H13NO2. The van der Waals surface area contributed by atoms with Gasteiger partial charge in [-0.1, -0.05) is 0 Å². The molecule has 0 bridgehead atoms. The average Bonchev–Trinajstić information content (AvgIpc) is 1.88. The summed E-state index contributed by atoms with van der Waals surface area (Å²) < 4.78 is 0. The zero-order valence-corrected chi connectivity index (χ0v) is 6.21. The molecule has 1 aliphatic rings. The van der Waals surface area contributed by atoms with Crippen LogP contribution in [-0.4, -0.2) is 35.1 Å². The van der Waals surface area contributed by atoms with Crippen molar-refractivity contribution in [1.82, 2.24) is 4.90 Å². The zero-order chi connectivity index (χ0) is 7.56. The Kier molecular flexibility index (Phi) is 2.40. The van der Waals surface area contributed by atoms with Gasteiger partial charge in [0.25, 0.3) is 0 Å². The maximum absolute atomic E-state index is 10.7. The minimum absolute atomic E-state index is 0.317. The Morgan fingerprint density at radius 3 is 2.40 bits per heavy atom. The quantitative estimate of drug-likeness (QED) is 0.561. The predicted molar refractivity (Wildman–Crippen MR) is 37.5 cm³/mol. The van der Waals surface area contributed by atoms with E-state index in [0.717, 1.165) is 13.1 Å². The summed E-state index contributed by atoms with van der Waals surface area (Å²) in [4.78, 5) is 12.6. The van der Waals surface area contributed by atoms with Crippen molar-refractivity contribution >= 4 is 5.78 Å². The largest absolute Gasteiger partial charge is 0.379 e. The Labute approximate surface area is 60.6 Å². The smallest absolute Gasteiger partial charge is 0.135 e. The molecule has 1 N–H and O–H groups in total. The highest BCUT2D eigenvalue weighted by molar-refractivity contribution is 5.79. The third kappa shape index (κ3) is 1.78. The summed E-state index contributed by atoms with van der Waals surface area (Å²) in [5.74, 6) is 0.317. The van der Waals surface area contributed by atoms with Crippen LogP contribution in [0, 0.1) is 0 Å². The summed E-state index contributed by atoms with van der Waals surface area (Å²) in [6, 6.07) is 0. The summed E-state index contributed by atoms with van der Waals surface area (Å²) >= 11 is 0. The summed E-state index contributed by atoms with van der Waals surface area (Å²) in [5, 5.41) is 9.08. The number of piperidine rings is 1. The molecule has 1 rings (SSSR count). The number of nitrogens with zero attached hydrogens (tertiary/aromatic N) is 1. The van der Waals surface area contributed by atoms with Crippen molar-refractivity contribution in [3.63, 3.8) is 0 Å². The Morgan fingerprint density at radius 1 is 1.50 bits per heavy atom. The molecule has 1 saturated heterocycles. The molecule has 1 heterocycles. The Hall–Kier alpha value is -0.410. The molecule has 58 valence electrons. The lowest BCUT2D eigenvalue weighted by Gasteiger charge is -2.27. The first kappa shape index (κ1) is 7.69. The van der Waals surface area contributed by atoms with Crippen LogP contribution in [0.4, 0.5) is 0 Å². The summed E-state index contributed by atoms with van der Waals surface area (Å²) in [6.45, 7) is 3.17. The number of carbonyl (C=O) groups is 1. The molecule has 1 aliphatic heterocycles. The first-order valence-electron chi connectivity index (χ1n) is 3.64. The van der Waals surface area contributed by atoms with Gasteiger partial charge < -0.3 is 5.11 Å². The molecule has 3 heteroatoms. The van der Waals surface area contributed by atoms with Crippen molar-refractivity contribution in [2.24, 2.45) is 0 Å². The van der Waals surface area contributed by atoms with Gasteiger partial charge in [0.2, 0.25) is 0 Å². The SMILES string of the molecule is CC(O)N1CCC(=O)CC1. The molecule has 0 spiro atoms. The molecule has 10 heavy (non-hydrogen) atoms. The van der Waals surface area contributed by atoms with Gasteiger partial charge in [0, 0.05) is 25.9 Å². The Bertz CT molecular complexity index is 124. The first-order valence-corrected chi connectivity index (χ1v) is 3.64. The number of hydrogen-bond donors (Lipinski definition) is 1. The van der Waals surface area contributed by atoms with Crippen LogP contribution in [0.3, 0.4) is 0 Å². The van der Waals surface area contributed by atoms with Gasteiger partial charge in [0.1, 0.15) is 12.0 Å². The maximum Gasteiger partial charge on any atom is 0.135 e. The van der Waals surface area contributed by atoms with E-state index in [1.165, 1.54) is 0 Å². The molecule has 1 fully saturated rings. The van der Waals surface area contributed by atoms with Crippen LogP contribution in [0.2, 0.25) is 0 Å². The van der Waals surface area contributed by atoms with E-state index in [0.29, 0.717) is 18.6 Å². The third-order valence-corrected chi connectivity index (χ3v) is 1.88. The van der Waals surface area contributed by atoms with Gasteiger partial charge in [0.05, 0.1) is 0 Å². The number of aliphatic hydroxyl groups excluding tert-OH is 1. The van der Waals surface area contributed by atoms with Gasteiger partial charge >= 0.3 is 0 Å².